The summed E-state index contributed by atoms with van der Waals surface area (Å²) in [5.41, 5.74) is 11.4. The van der Waals surface area contributed by atoms with Crippen molar-refractivity contribution >= 4 is 57.2 Å². The zero-order valence-electron chi connectivity index (χ0n) is 28.8. The molecule has 4 nitrogen and oxygen atoms in total. The molecule has 0 spiro atoms. The van der Waals surface area contributed by atoms with Gasteiger partial charge in [0.15, 0.2) is 0 Å². The Kier molecular flexibility index (Phi) is 8.57. The van der Waals surface area contributed by atoms with Crippen LogP contribution in [0.15, 0.2) is 161 Å². The number of aryl methyl sites for hydroxylation is 1. The number of ether oxygens (including phenoxy) is 1. The summed E-state index contributed by atoms with van der Waals surface area (Å²) in [7, 11) is 1.69. The van der Waals surface area contributed by atoms with Crippen molar-refractivity contribution in [2.75, 3.05) is 12.0 Å². The largest absolute Gasteiger partial charge is 0.497 e. The molecule has 0 fully saturated rings. The highest BCUT2D eigenvalue weighted by Crippen LogP contribution is 2.42. The number of nitrogens with zero attached hydrogens (tertiary/aromatic N) is 1. The van der Waals surface area contributed by atoms with Crippen molar-refractivity contribution < 1.29 is 13.6 Å². The molecule has 8 aromatic rings. The number of fused-ring (bicyclic) bond motifs is 2. The van der Waals surface area contributed by atoms with Crippen molar-refractivity contribution in [2.24, 2.45) is 0 Å². The Morgan fingerprint density at radius 2 is 1.02 bits per heavy atom. The van der Waals surface area contributed by atoms with Gasteiger partial charge in [-0.25, -0.2) is 0 Å². The van der Waals surface area contributed by atoms with Gasteiger partial charge in [0, 0.05) is 39.0 Å². The van der Waals surface area contributed by atoms with Gasteiger partial charge in [0.1, 0.15) is 28.4 Å². The third-order valence-electron chi connectivity index (χ3n) is 9.25. The smallest absolute Gasteiger partial charge is 0.136 e. The topological polar surface area (TPSA) is 38.8 Å². The lowest BCUT2D eigenvalue weighted by Gasteiger charge is -2.26. The number of hydrogen-bond acceptors (Lipinski definition) is 4. The van der Waals surface area contributed by atoms with Crippen molar-refractivity contribution in [1.82, 2.24) is 0 Å². The molecule has 0 bridgehead atoms. The average molecular weight is 664 g/mol. The molecule has 2 heterocycles. The highest BCUT2D eigenvalue weighted by molar-refractivity contribution is 6.08. The van der Waals surface area contributed by atoms with E-state index in [0.717, 1.165) is 89.7 Å². The van der Waals surface area contributed by atoms with Gasteiger partial charge in [0.05, 0.1) is 7.11 Å². The van der Waals surface area contributed by atoms with Gasteiger partial charge >= 0.3 is 0 Å². The number of anilines is 3. The first-order chi connectivity index (χ1) is 25.1. The zero-order valence-corrected chi connectivity index (χ0v) is 28.8. The van der Waals surface area contributed by atoms with Crippen LogP contribution in [-0.4, -0.2) is 7.11 Å². The van der Waals surface area contributed by atoms with Crippen LogP contribution in [0.1, 0.15) is 29.6 Å². The van der Waals surface area contributed by atoms with Crippen molar-refractivity contribution in [2.45, 2.75) is 13.8 Å². The third-order valence-corrected chi connectivity index (χ3v) is 9.25. The minimum atomic E-state index is 0.798. The summed E-state index contributed by atoms with van der Waals surface area (Å²) >= 11 is 0. The van der Waals surface area contributed by atoms with Gasteiger partial charge < -0.3 is 18.5 Å². The second-order valence-corrected chi connectivity index (χ2v) is 12.5. The first-order valence-corrected chi connectivity index (χ1v) is 17.1. The first kappa shape index (κ1) is 31.7. The van der Waals surface area contributed by atoms with E-state index >= 15 is 0 Å². The normalized spacial score (nSPS) is 11.7. The molecule has 0 aliphatic rings. The lowest BCUT2D eigenvalue weighted by atomic mass is 9.98. The number of hydrogen-bond donors (Lipinski definition) is 0. The zero-order chi connectivity index (χ0) is 34.7. The Hall–Kier alpha value is -6.52. The minimum absolute atomic E-state index is 0.798. The molecule has 0 amide bonds. The predicted molar refractivity (Wildman–Crippen MR) is 213 cm³/mol. The molecule has 0 saturated heterocycles. The van der Waals surface area contributed by atoms with Crippen LogP contribution in [0.25, 0.3) is 62.4 Å². The molecule has 0 aliphatic heterocycles. The second-order valence-electron chi connectivity index (χ2n) is 12.5. The third kappa shape index (κ3) is 6.24. The van der Waals surface area contributed by atoms with E-state index in [9.17, 15) is 0 Å². The lowest BCUT2D eigenvalue weighted by Crippen LogP contribution is -2.09. The Morgan fingerprint density at radius 1 is 0.529 bits per heavy atom. The molecular weight excluding hydrogens is 627 g/mol. The number of allylic oxidation sites excluding steroid dienone is 1. The molecule has 0 unspecified atom stereocenters. The van der Waals surface area contributed by atoms with Crippen LogP contribution in [0.2, 0.25) is 0 Å². The molecule has 0 radical (unpaired) electrons. The maximum absolute atomic E-state index is 6.66. The van der Waals surface area contributed by atoms with Crippen LogP contribution in [0, 0.1) is 6.92 Å². The van der Waals surface area contributed by atoms with E-state index in [4.69, 9.17) is 13.6 Å². The van der Waals surface area contributed by atoms with E-state index in [1.807, 2.05) is 38.1 Å². The molecule has 6 aromatic carbocycles. The Balaban J connectivity index is 1.17. The SMILES string of the molecule is C/C=C/c1ccc(N(c2ccc(/C=C/c3oc4cc5c(-c6ccccc6)c(C)oc5cc4c3-c3ccccc3)cc2)c2ccc(OC)cc2)cc1. The van der Waals surface area contributed by atoms with E-state index in [0.29, 0.717) is 0 Å². The number of methoxy groups -OCH3 is 1. The summed E-state index contributed by atoms with van der Waals surface area (Å²) < 4.78 is 18.4. The number of benzene rings is 6. The summed E-state index contributed by atoms with van der Waals surface area (Å²) in [5.74, 6) is 2.51. The van der Waals surface area contributed by atoms with Gasteiger partial charge in [0.2, 0.25) is 0 Å². The fraction of sp³-hybridized carbons (Fsp3) is 0.0638. The second kappa shape index (κ2) is 13.8. The van der Waals surface area contributed by atoms with E-state index in [1.54, 1.807) is 7.11 Å². The fourth-order valence-electron chi connectivity index (χ4n) is 6.82. The van der Waals surface area contributed by atoms with Gasteiger partial charge in [-0.15, -0.1) is 0 Å². The van der Waals surface area contributed by atoms with Crippen LogP contribution in [0.4, 0.5) is 17.1 Å². The highest BCUT2D eigenvalue weighted by Gasteiger charge is 2.20. The first-order valence-electron chi connectivity index (χ1n) is 17.1. The molecule has 2 aromatic heterocycles. The van der Waals surface area contributed by atoms with Crippen LogP contribution >= 0.6 is 0 Å². The predicted octanol–water partition coefficient (Wildman–Crippen LogP) is 13.5. The van der Waals surface area contributed by atoms with Crippen molar-refractivity contribution in [1.29, 1.82) is 0 Å². The summed E-state index contributed by atoms with van der Waals surface area (Å²) in [4.78, 5) is 2.25. The molecule has 51 heavy (non-hydrogen) atoms. The van der Waals surface area contributed by atoms with Crippen LogP contribution < -0.4 is 9.64 Å². The van der Waals surface area contributed by atoms with Gasteiger partial charge in [0.25, 0.3) is 0 Å². The molecular formula is C47H37NO3. The van der Waals surface area contributed by atoms with Crippen molar-refractivity contribution in [3.8, 4) is 28.0 Å². The Bertz CT molecular complexity index is 2490. The maximum Gasteiger partial charge on any atom is 0.136 e. The van der Waals surface area contributed by atoms with Gasteiger partial charge in [-0.2, -0.15) is 0 Å². The lowest BCUT2D eigenvalue weighted by molar-refractivity contribution is 0.415. The maximum atomic E-state index is 6.66. The van der Waals surface area contributed by atoms with Gasteiger partial charge in [-0.05, 0) is 103 Å². The fourth-order valence-corrected chi connectivity index (χ4v) is 6.82. The van der Waals surface area contributed by atoms with E-state index in [2.05, 4.69) is 151 Å². The standard InChI is InChI=1S/C47H37NO3/c1-4-11-33-16-21-37(22-17-33)48(39-25-27-40(49-3)28-26-39)38-23-18-34(19-24-38)20-29-43-47(36-14-9-6-10-15-36)42-31-44-41(30-45(42)51-43)46(32(2)50-44)35-12-7-5-8-13-35/h4-31H,1-3H3/b11-4+,29-20+. The number of rotatable bonds is 9. The molecule has 4 heteroatoms. The van der Waals surface area contributed by atoms with Crippen LogP contribution in [0.5, 0.6) is 5.75 Å². The monoisotopic (exact) mass is 663 g/mol. The summed E-state index contributed by atoms with van der Waals surface area (Å²) in [6, 6.07) is 50.4. The van der Waals surface area contributed by atoms with Gasteiger partial charge in [-0.1, -0.05) is 103 Å². The minimum Gasteiger partial charge on any atom is -0.497 e. The molecule has 248 valence electrons. The van der Waals surface area contributed by atoms with Crippen molar-refractivity contribution in [3.05, 3.63) is 174 Å². The molecule has 0 saturated carbocycles. The number of furan rings is 2. The van der Waals surface area contributed by atoms with E-state index in [-0.39, 0.29) is 0 Å². The molecule has 0 aliphatic carbocycles. The van der Waals surface area contributed by atoms with E-state index < -0.39 is 0 Å². The highest BCUT2D eigenvalue weighted by atomic mass is 16.5. The summed E-state index contributed by atoms with van der Waals surface area (Å²) in [6.07, 6.45) is 8.34. The quantitative estimate of drug-likeness (QED) is 0.154. The van der Waals surface area contributed by atoms with E-state index in [1.165, 1.54) is 0 Å². The summed E-state index contributed by atoms with van der Waals surface area (Å²) in [5, 5.41) is 2.07. The molecule has 0 atom stereocenters. The Labute approximate surface area is 298 Å². The van der Waals surface area contributed by atoms with Crippen LogP contribution in [-0.2, 0) is 0 Å². The molecule has 0 N–H and O–H groups in total. The Morgan fingerprint density at radius 3 is 1.57 bits per heavy atom. The average Bonchev–Trinajstić information content (AvgIpc) is 3.70. The molecule has 8 rings (SSSR count). The van der Waals surface area contributed by atoms with Crippen LogP contribution in [0.3, 0.4) is 0 Å². The van der Waals surface area contributed by atoms with Crippen molar-refractivity contribution in [3.63, 3.8) is 0 Å². The van der Waals surface area contributed by atoms with Gasteiger partial charge in [-0.3, -0.25) is 0 Å². The summed E-state index contributed by atoms with van der Waals surface area (Å²) in [6.45, 7) is 4.06.